The van der Waals surface area contributed by atoms with Crippen LogP contribution in [0, 0.1) is 0 Å². The van der Waals surface area contributed by atoms with Crippen LogP contribution in [0.3, 0.4) is 0 Å². The van der Waals surface area contributed by atoms with E-state index in [4.69, 9.17) is 10.5 Å². The topological polar surface area (TPSA) is 80.5 Å². The highest BCUT2D eigenvalue weighted by atomic mass is 16.5. The number of benzene rings is 1. The maximum absolute atomic E-state index is 12.4. The lowest BCUT2D eigenvalue weighted by Gasteiger charge is -2.29. The molecule has 2 heterocycles. The molecule has 0 bridgehead atoms. The van der Waals surface area contributed by atoms with Gasteiger partial charge in [-0.2, -0.15) is 0 Å². The van der Waals surface area contributed by atoms with Crippen LogP contribution in [-0.4, -0.2) is 37.2 Å². The third kappa shape index (κ3) is 3.17. The maximum Gasteiger partial charge on any atom is 0.255 e. The highest BCUT2D eigenvalue weighted by molar-refractivity contribution is 6.06. The average molecular weight is 298 g/mol. The maximum atomic E-state index is 12.4. The Balaban J connectivity index is 1.81. The second kappa shape index (κ2) is 6.44. The Labute approximate surface area is 128 Å². The third-order valence-corrected chi connectivity index (χ3v) is 3.49. The molecule has 6 nitrogen and oxygen atoms in total. The van der Waals surface area contributed by atoms with E-state index in [0.717, 1.165) is 18.9 Å². The van der Waals surface area contributed by atoms with Crippen LogP contribution in [0.4, 0.5) is 17.2 Å². The van der Waals surface area contributed by atoms with E-state index in [9.17, 15) is 4.79 Å². The molecule has 1 fully saturated rings. The van der Waals surface area contributed by atoms with Gasteiger partial charge < -0.3 is 20.7 Å². The zero-order valence-corrected chi connectivity index (χ0v) is 12.2. The summed E-state index contributed by atoms with van der Waals surface area (Å²) >= 11 is 0. The number of carbonyl (C=O) groups is 1. The van der Waals surface area contributed by atoms with Crippen LogP contribution in [0.25, 0.3) is 0 Å². The van der Waals surface area contributed by atoms with Crippen LogP contribution in [0.2, 0.25) is 0 Å². The van der Waals surface area contributed by atoms with E-state index in [0.29, 0.717) is 30.2 Å². The van der Waals surface area contributed by atoms with Crippen molar-refractivity contribution < 1.29 is 9.53 Å². The number of aromatic nitrogens is 1. The summed E-state index contributed by atoms with van der Waals surface area (Å²) in [6.45, 7) is 2.86. The van der Waals surface area contributed by atoms with Gasteiger partial charge in [0.2, 0.25) is 0 Å². The molecule has 0 unspecified atom stereocenters. The first-order chi connectivity index (χ1) is 10.7. The van der Waals surface area contributed by atoms with E-state index in [2.05, 4.69) is 15.2 Å². The number of morpholine rings is 1. The fraction of sp³-hybridized carbons (Fsp3) is 0.250. The minimum Gasteiger partial charge on any atom is -0.399 e. The van der Waals surface area contributed by atoms with Gasteiger partial charge in [-0.1, -0.05) is 6.07 Å². The number of nitrogens with zero attached hydrogens (tertiary/aromatic N) is 2. The molecule has 6 heteroatoms. The molecule has 0 saturated carbocycles. The standard InChI is InChI=1S/C16H18N4O2/c17-13-4-1-3-12(11-13)16(21)19-14-5-2-6-18-15(14)20-7-9-22-10-8-20/h1-6,11H,7-10,17H2,(H,19,21). The smallest absolute Gasteiger partial charge is 0.255 e. The van der Waals surface area contributed by atoms with Crippen LogP contribution in [0.1, 0.15) is 10.4 Å². The van der Waals surface area contributed by atoms with E-state index >= 15 is 0 Å². The molecule has 1 aromatic carbocycles. The van der Waals surface area contributed by atoms with Crippen molar-refractivity contribution in [2.45, 2.75) is 0 Å². The molecule has 0 spiro atoms. The summed E-state index contributed by atoms with van der Waals surface area (Å²) in [5, 5.41) is 2.91. The first kappa shape index (κ1) is 14.3. The first-order valence-corrected chi connectivity index (χ1v) is 7.18. The zero-order valence-electron chi connectivity index (χ0n) is 12.2. The number of anilines is 3. The number of nitrogens with two attached hydrogens (primary N) is 1. The summed E-state index contributed by atoms with van der Waals surface area (Å²) in [7, 11) is 0. The quantitative estimate of drug-likeness (QED) is 0.844. The van der Waals surface area contributed by atoms with E-state index in [1.807, 2.05) is 6.07 Å². The van der Waals surface area contributed by atoms with Crippen molar-refractivity contribution in [2.75, 3.05) is 42.3 Å². The fourth-order valence-corrected chi connectivity index (χ4v) is 2.40. The van der Waals surface area contributed by atoms with E-state index in [1.54, 1.807) is 36.5 Å². The van der Waals surface area contributed by atoms with Crippen LogP contribution in [-0.2, 0) is 4.74 Å². The van der Waals surface area contributed by atoms with Crippen molar-refractivity contribution in [2.24, 2.45) is 0 Å². The van der Waals surface area contributed by atoms with Gasteiger partial charge >= 0.3 is 0 Å². The predicted octanol–water partition coefficient (Wildman–Crippen LogP) is 1.75. The molecule has 3 rings (SSSR count). The summed E-state index contributed by atoms with van der Waals surface area (Å²) in [5.74, 6) is 0.567. The Morgan fingerprint density at radius 1 is 1.23 bits per heavy atom. The summed E-state index contributed by atoms with van der Waals surface area (Å²) in [5.41, 5.74) is 7.50. The molecule has 2 aromatic rings. The SMILES string of the molecule is Nc1cccc(C(=O)Nc2cccnc2N2CCOCC2)c1. The molecule has 0 aliphatic carbocycles. The Bertz CT molecular complexity index is 669. The van der Waals surface area contributed by atoms with Gasteiger partial charge in [0.1, 0.15) is 0 Å². The second-order valence-corrected chi connectivity index (χ2v) is 5.05. The third-order valence-electron chi connectivity index (χ3n) is 3.49. The number of hydrogen-bond donors (Lipinski definition) is 2. The molecular weight excluding hydrogens is 280 g/mol. The lowest BCUT2D eigenvalue weighted by molar-refractivity contribution is 0.102. The average Bonchev–Trinajstić information content (AvgIpc) is 2.56. The van der Waals surface area contributed by atoms with Crippen molar-refractivity contribution in [3.05, 3.63) is 48.2 Å². The number of pyridine rings is 1. The molecule has 3 N–H and O–H groups in total. The van der Waals surface area contributed by atoms with E-state index < -0.39 is 0 Å². The van der Waals surface area contributed by atoms with Crippen LogP contribution >= 0.6 is 0 Å². The summed E-state index contributed by atoms with van der Waals surface area (Å²) < 4.78 is 5.35. The Morgan fingerprint density at radius 3 is 2.82 bits per heavy atom. The Morgan fingerprint density at radius 2 is 2.05 bits per heavy atom. The largest absolute Gasteiger partial charge is 0.399 e. The Kier molecular flexibility index (Phi) is 4.20. The van der Waals surface area contributed by atoms with Crippen molar-refractivity contribution in [3.8, 4) is 0 Å². The van der Waals surface area contributed by atoms with Gasteiger partial charge in [0.15, 0.2) is 5.82 Å². The van der Waals surface area contributed by atoms with Gasteiger partial charge in [0, 0.05) is 30.5 Å². The second-order valence-electron chi connectivity index (χ2n) is 5.05. The number of rotatable bonds is 3. The predicted molar refractivity (Wildman–Crippen MR) is 86.1 cm³/mol. The minimum atomic E-state index is -0.199. The summed E-state index contributed by atoms with van der Waals surface area (Å²) in [6, 6.07) is 10.5. The number of ether oxygens (including phenoxy) is 1. The molecule has 22 heavy (non-hydrogen) atoms. The molecule has 1 amide bonds. The van der Waals surface area contributed by atoms with Gasteiger partial charge in [-0.15, -0.1) is 0 Å². The van der Waals surface area contributed by atoms with Gasteiger partial charge in [0.05, 0.1) is 18.9 Å². The van der Waals surface area contributed by atoms with Gasteiger partial charge in [-0.05, 0) is 30.3 Å². The molecule has 1 aliphatic heterocycles. The van der Waals surface area contributed by atoms with Crippen molar-refractivity contribution >= 4 is 23.1 Å². The number of nitrogens with one attached hydrogen (secondary N) is 1. The summed E-state index contributed by atoms with van der Waals surface area (Å²) in [4.78, 5) is 18.9. The normalized spacial score (nSPS) is 14.6. The number of carbonyl (C=O) groups excluding carboxylic acids is 1. The molecule has 1 saturated heterocycles. The van der Waals surface area contributed by atoms with Crippen LogP contribution in [0.5, 0.6) is 0 Å². The molecule has 0 atom stereocenters. The van der Waals surface area contributed by atoms with E-state index in [1.165, 1.54) is 0 Å². The fourth-order valence-electron chi connectivity index (χ4n) is 2.40. The molecule has 1 aliphatic rings. The lowest BCUT2D eigenvalue weighted by Crippen LogP contribution is -2.37. The molecular formula is C16H18N4O2. The monoisotopic (exact) mass is 298 g/mol. The van der Waals surface area contributed by atoms with Crippen molar-refractivity contribution in [1.29, 1.82) is 0 Å². The van der Waals surface area contributed by atoms with Crippen LogP contribution in [0.15, 0.2) is 42.6 Å². The van der Waals surface area contributed by atoms with Crippen LogP contribution < -0.4 is 16.0 Å². The molecule has 0 radical (unpaired) electrons. The zero-order chi connectivity index (χ0) is 15.4. The lowest BCUT2D eigenvalue weighted by atomic mass is 10.2. The molecule has 1 aromatic heterocycles. The van der Waals surface area contributed by atoms with E-state index in [-0.39, 0.29) is 5.91 Å². The van der Waals surface area contributed by atoms with Gasteiger partial charge in [0.25, 0.3) is 5.91 Å². The Hall–Kier alpha value is -2.60. The highest BCUT2D eigenvalue weighted by Crippen LogP contribution is 2.24. The number of hydrogen-bond acceptors (Lipinski definition) is 5. The van der Waals surface area contributed by atoms with Crippen molar-refractivity contribution in [1.82, 2.24) is 4.98 Å². The first-order valence-electron chi connectivity index (χ1n) is 7.18. The highest BCUT2D eigenvalue weighted by Gasteiger charge is 2.17. The van der Waals surface area contributed by atoms with Crippen molar-refractivity contribution in [3.63, 3.8) is 0 Å². The summed E-state index contributed by atoms with van der Waals surface area (Å²) in [6.07, 6.45) is 1.72. The number of nitrogen functional groups attached to an aromatic ring is 1. The minimum absolute atomic E-state index is 0.199. The number of amides is 1. The van der Waals surface area contributed by atoms with Gasteiger partial charge in [-0.25, -0.2) is 4.98 Å². The van der Waals surface area contributed by atoms with Gasteiger partial charge in [-0.3, -0.25) is 4.79 Å². The molecule has 114 valence electrons.